The maximum Gasteiger partial charge on any atom is 0.271 e. The summed E-state index contributed by atoms with van der Waals surface area (Å²) in [5, 5.41) is 9.92. The maximum absolute atomic E-state index is 13.3. The van der Waals surface area contributed by atoms with Crippen LogP contribution in [0.3, 0.4) is 0 Å². The molecule has 1 unspecified atom stereocenters. The molecule has 1 N–H and O–H groups in total. The summed E-state index contributed by atoms with van der Waals surface area (Å²) in [6, 6.07) is 14.3. The zero-order chi connectivity index (χ0) is 16.5. The highest BCUT2D eigenvalue weighted by molar-refractivity contribution is 5.93. The van der Waals surface area contributed by atoms with E-state index in [4.69, 9.17) is 0 Å². The van der Waals surface area contributed by atoms with E-state index >= 15 is 0 Å². The fourth-order valence-corrected chi connectivity index (χ4v) is 3.50. The van der Waals surface area contributed by atoms with E-state index in [9.17, 15) is 9.90 Å². The first-order valence-electron chi connectivity index (χ1n) is 8.90. The predicted molar refractivity (Wildman–Crippen MR) is 92.6 cm³/mol. The van der Waals surface area contributed by atoms with Gasteiger partial charge in [-0.15, -0.1) is 0 Å². The molecule has 4 rings (SSSR count). The molecule has 126 valence electrons. The molecule has 0 aliphatic heterocycles. The average molecular weight is 324 g/mol. The van der Waals surface area contributed by atoms with Crippen molar-refractivity contribution in [1.29, 1.82) is 0 Å². The minimum absolute atomic E-state index is 0.0351. The molecule has 1 aromatic heterocycles. The lowest BCUT2D eigenvalue weighted by Gasteiger charge is -2.31. The smallest absolute Gasteiger partial charge is 0.271 e. The fraction of sp³-hybridized carbons (Fsp3) is 0.450. The number of hydrogen-bond acceptors (Lipinski definition) is 2. The van der Waals surface area contributed by atoms with Gasteiger partial charge in [-0.05, 0) is 49.3 Å². The van der Waals surface area contributed by atoms with Gasteiger partial charge in [0, 0.05) is 18.8 Å². The van der Waals surface area contributed by atoms with Crippen LogP contribution in [0.15, 0.2) is 48.7 Å². The standard InChI is InChI=1S/C20H24N2O2/c23-14-19(16-8-9-16)22(13-15-5-2-1-3-6-15)20(24)18-7-4-12-21(18)17-10-11-17/h1-7,12,16-17,19,23H,8-11,13-14H2. The zero-order valence-electron chi connectivity index (χ0n) is 13.8. The molecule has 2 aliphatic rings. The Morgan fingerprint density at radius 3 is 2.50 bits per heavy atom. The van der Waals surface area contributed by atoms with E-state index in [0.29, 0.717) is 18.5 Å². The minimum atomic E-state index is -0.0831. The van der Waals surface area contributed by atoms with Crippen LogP contribution in [0.4, 0.5) is 0 Å². The second kappa shape index (κ2) is 6.44. The number of benzene rings is 1. The summed E-state index contributed by atoms with van der Waals surface area (Å²) < 4.78 is 2.11. The number of hydrogen-bond donors (Lipinski definition) is 1. The van der Waals surface area contributed by atoms with Crippen LogP contribution in [0.25, 0.3) is 0 Å². The lowest BCUT2D eigenvalue weighted by molar-refractivity contribution is 0.0520. The molecule has 2 aliphatic carbocycles. The molecule has 2 saturated carbocycles. The van der Waals surface area contributed by atoms with Crippen molar-refractivity contribution in [2.45, 2.75) is 44.3 Å². The number of amides is 1. The Morgan fingerprint density at radius 2 is 1.88 bits per heavy atom. The molecular weight excluding hydrogens is 300 g/mol. The average Bonchev–Trinajstić information content (AvgIpc) is 3.55. The molecule has 24 heavy (non-hydrogen) atoms. The summed E-state index contributed by atoms with van der Waals surface area (Å²) in [5.41, 5.74) is 1.86. The molecule has 0 bridgehead atoms. The second-order valence-corrected chi connectivity index (χ2v) is 7.04. The van der Waals surface area contributed by atoms with E-state index in [2.05, 4.69) is 4.57 Å². The number of rotatable bonds is 7. The lowest BCUT2D eigenvalue weighted by Crippen LogP contribution is -2.44. The van der Waals surface area contributed by atoms with Crippen molar-refractivity contribution >= 4 is 5.91 Å². The molecule has 1 amide bonds. The first-order valence-corrected chi connectivity index (χ1v) is 8.90. The lowest BCUT2D eigenvalue weighted by atomic mass is 10.1. The van der Waals surface area contributed by atoms with Crippen molar-refractivity contribution in [3.05, 3.63) is 59.9 Å². The van der Waals surface area contributed by atoms with Crippen molar-refractivity contribution < 1.29 is 9.90 Å². The van der Waals surface area contributed by atoms with Crippen LogP contribution in [-0.4, -0.2) is 33.1 Å². The Bertz CT molecular complexity index is 701. The Labute approximate surface area is 142 Å². The summed E-state index contributed by atoms with van der Waals surface area (Å²) in [6.07, 6.45) is 6.52. The molecule has 2 aromatic rings. The molecule has 1 aromatic carbocycles. The van der Waals surface area contributed by atoms with Gasteiger partial charge >= 0.3 is 0 Å². The highest BCUT2D eigenvalue weighted by Gasteiger charge is 2.38. The maximum atomic E-state index is 13.3. The van der Waals surface area contributed by atoms with Gasteiger partial charge in [0.15, 0.2) is 0 Å². The third kappa shape index (κ3) is 3.11. The fourth-order valence-electron chi connectivity index (χ4n) is 3.50. The number of nitrogens with zero attached hydrogens (tertiary/aromatic N) is 2. The van der Waals surface area contributed by atoms with Crippen molar-refractivity contribution in [1.82, 2.24) is 9.47 Å². The molecular formula is C20H24N2O2. The highest BCUT2D eigenvalue weighted by atomic mass is 16.3. The quantitative estimate of drug-likeness (QED) is 0.850. The molecule has 0 saturated heterocycles. The van der Waals surface area contributed by atoms with Gasteiger partial charge in [0.25, 0.3) is 5.91 Å². The van der Waals surface area contributed by atoms with Crippen LogP contribution in [0.5, 0.6) is 0 Å². The first-order chi connectivity index (χ1) is 11.8. The van der Waals surface area contributed by atoms with Crippen LogP contribution in [0.2, 0.25) is 0 Å². The normalized spacial score (nSPS) is 18.4. The van der Waals surface area contributed by atoms with Gasteiger partial charge < -0.3 is 14.6 Å². The number of carbonyl (C=O) groups excluding carboxylic acids is 1. The summed E-state index contributed by atoms with van der Waals surface area (Å²) in [7, 11) is 0. The van der Waals surface area contributed by atoms with Gasteiger partial charge in [-0.25, -0.2) is 0 Å². The minimum Gasteiger partial charge on any atom is -0.394 e. The van der Waals surface area contributed by atoms with Crippen LogP contribution in [-0.2, 0) is 6.54 Å². The Hall–Kier alpha value is -2.07. The Balaban J connectivity index is 1.63. The van der Waals surface area contributed by atoms with Gasteiger partial charge in [0.2, 0.25) is 0 Å². The summed E-state index contributed by atoms with van der Waals surface area (Å²) in [5.74, 6) is 0.480. The van der Waals surface area contributed by atoms with Crippen molar-refractivity contribution in [3.8, 4) is 0 Å². The molecule has 1 heterocycles. The topological polar surface area (TPSA) is 45.5 Å². The van der Waals surface area contributed by atoms with E-state index in [0.717, 1.165) is 36.9 Å². The first kappa shape index (κ1) is 15.5. The number of aromatic nitrogens is 1. The van der Waals surface area contributed by atoms with E-state index < -0.39 is 0 Å². The van der Waals surface area contributed by atoms with Gasteiger partial charge in [-0.1, -0.05) is 30.3 Å². The SMILES string of the molecule is O=C(c1cccn1C1CC1)N(Cc1ccccc1)C(CO)C1CC1. The number of aliphatic hydroxyl groups is 1. The van der Waals surface area contributed by atoms with Crippen molar-refractivity contribution in [2.24, 2.45) is 5.92 Å². The molecule has 4 heteroatoms. The second-order valence-electron chi connectivity index (χ2n) is 7.04. The van der Waals surface area contributed by atoms with Crippen LogP contribution >= 0.6 is 0 Å². The monoisotopic (exact) mass is 324 g/mol. The van der Waals surface area contributed by atoms with E-state index in [1.165, 1.54) is 0 Å². The van der Waals surface area contributed by atoms with E-state index in [1.807, 2.05) is 53.6 Å². The predicted octanol–water partition coefficient (Wildman–Crippen LogP) is 3.24. The third-order valence-electron chi connectivity index (χ3n) is 5.15. The Morgan fingerprint density at radius 1 is 1.12 bits per heavy atom. The van der Waals surface area contributed by atoms with Crippen LogP contribution < -0.4 is 0 Å². The molecule has 2 fully saturated rings. The number of aliphatic hydroxyl groups excluding tert-OH is 1. The van der Waals surface area contributed by atoms with Gasteiger partial charge in [-0.2, -0.15) is 0 Å². The largest absolute Gasteiger partial charge is 0.394 e. The van der Waals surface area contributed by atoms with Crippen LogP contribution in [0.1, 0.15) is 47.8 Å². The van der Waals surface area contributed by atoms with Crippen molar-refractivity contribution in [2.75, 3.05) is 6.61 Å². The molecule has 0 radical (unpaired) electrons. The molecule has 4 nitrogen and oxygen atoms in total. The van der Waals surface area contributed by atoms with Gasteiger partial charge in [0.1, 0.15) is 5.69 Å². The van der Waals surface area contributed by atoms with E-state index in [1.54, 1.807) is 0 Å². The Kier molecular flexibility index (Phi) is 4.15. The molecule has 1 atom stereocenters. The number of carbonyl (C=O) groups is 1. The molecule has 0 spiro atoms. The highest BCUT2D eigenvalue weighted by Crippen LogP contribution is 2.38. The van der Waals surface area contributed by atoms with E-state index in [-0.39, 0.29) is 18.6 Å². The van der Waals surface area contributed by atoms with Crippen LogP contribution in [0, 0.1) is 5.92 Å². The van der Waals surface area contributed by atoms with Crippen molar-refractivity contribution in [3.63, 3.8) is 0 Å². The summed E-state index contributed by atoms with van der Waals surface area (Å²) in [6.45, 7) is 0.588. The third-order valence-corrected chi connectivity index (χ3v) is 5.15. The summed E-state index contributed by atoms with van der Waals surface area (Å²) >= 11 is 0. The van der Waals surface area contributed by atoms with Gasteiger partial charge in [0.05, 0.1) is 12.6 Å². The zero-order valence-corrected chi connectivity index (χ0v) is 13.8. The van der Waals surface area contributed by atoms with Gasteiger partial charge in [-0.3, -0.25) is 4.79 Å². The summed E-state index contributed by atoms with van der Waals surface area (Å²) in [4.78, 5) is 15.2.